The SMILES string of the molecule is CC(C)(C)N1CC(C)(C)C(C)(C)N(C(C)(C)C)C(C)(C)C1(C)C. The molecule has 0 aromatic rings. The molecular weight excluding hydrogens is 280 g/mol. The largest absolute Gasteiger partial charge is 0.291 e. The summed E-state index contributed by atoms with van der Waals surface area (Å²) in [6, 6.07) is 0. The molecule has 2 heteroatoms. The van der Waals surface area contributed by atoms with Gasteiger partial charge in [-0.05, 0) is 88.5 Å². The molecule has 0 amide bonds. The van der Waals surface area contributed by atoms with Gasteiger partial charge in [-0.15, -0.1) is 0 Å². The average Bonchev–Trinajstić information content (AvgIpc) is 2.22. The van der Waals surface area contributed by atoms with Crippen LogP contribution in [0.1, 0.15) is 96.9 Å². The molecular formula is C21H44N2. The van der Waals surface area contributed by atoms with E-state index in [1.54, 1.807) is 0 Å². The molecule has 1 heterocycles. The van der Waals surface area contributed by atoms with Gasteiger partial charge in [-0.2, -0.15) is 0 Å². The van der Waals surface area contributed by atoms with Crippen LogP contribution in [-0.2, 0) is 0 Å². The third-order valence-electron chi connectivity index (χ3n) is 6.98. The Morgan fingerprint density at radius 1 is 0.565 bits per heavy atom. The third-order valence-corrected chi connectivity index (χ3v) is 6.98. The van der Waals surface area contributed by atoms with Gasteiger partial charge in [0.2, 0.25) is 0 Å². The quantitative estimate of drug-likeness (QED) is 0.575. The molecule has 1 rings (SSSR count). The van der Waals surface area contributed by atoms with E-state index in [0.717, 1.165) is 6.54 Å². The van der Waals surface area contributed by atoms with E-state index in [-0.39, 0.29) is 33.1 Å². The topological polar surface area (TPSA) is 6.48 Å². The van der Waals surface area contributed by atoms with E-state index < -0.39 is 0 Å². The van der Waals surface area contributed by atoms with Gasteiger partial charge >= 0.3 is 0 Å². The maximum Gasteiger partial charge on any atom is 0.0342 e. The van der Waals surface area contributed by atoms with Crippen LogP contribution in [0.4, 0.5) is 0 Å². The van der Waals surface area contributed by atoms with Crippen molar-refractivity contribution in [3.05, 3.63) is 0 Å². The first-order valence-electron chi connectivity index (χ1n) is 9.29. The molecule has 1 aliphatic heterocycles. The minimum Gasteiger partial charge on any atom is -0.291 e. The lowest BCUT2D eigenvalue weighted by Crippen LogP contribution is -2.73. The fourth-order valence-electron chi connectivity index (χ4n) is 5.14. The lowest BCUT2D eigenvalue weighted by atomic mass is 9.69. The van der Waals surface area contributed by atoms with Crippen LogP contribution in [-0.4, -0.2) is 44.0 Å². The summed E-state index contributed by atoms with van der Waals surface area (Å²) in [7, 11) is 0. The molecule has 0 radical (unpaired) electrons. The van der Waals surface area contributed by atoms with Crippen LogP contribution in [0.3, 0.4) is 0 Å². The summed E-state index contributed by atoms with van der Waals surface area (Å²) in [6.07, 6.45) is 0. The van der Waals surface area contributed by atoms with Crippen LogP contribution in [0.15, 0.2) is 0 Å². The second kappa shape index (κ2) is 5.21. The van der Waals surface area contributed by atoms with Crippen molar-refractivity contribution in [2.45, 2.75) is 125 Å². The Labute approximate surface area is 147 Å². The van der Waals surface area contributed by atoms with Gasteiger partial charge in [0.05, 0.1) is 0 Å². The summed E-state index contributed by atoms with van der Waals surface area (Å²) in [4.78, 5) is 5.53. The van der Waals surface area contributed by atoms with Gasteiger partial charge in [0, 0.05) is 34.2 Å². The molecule has 1 saturated heterocycles. The van der Waals surface area contributed by atoms with Crippen LogP contribution in [0, 0.1) is 5.41 Å². The molecule has 0 aromatic heterocycles. The predicted molar refractivity (Wildman–Crippen MR) is 104 cm³/mol. The van der Waals surface area contributed by atoms with Crippen LogP contribution < -0.4 is 0 Å². The smallest absolute Gasteiger partial charge is 0.0342 e. The Balaban J connectivity index is 3.77. The molecule has 0 saturated carbocycles. The molecule has 0 N–H and O–H groups in total. The molecule has 0 aromatic carbocycles. The first kappa shape index (κ1) is 21.0. The van der Waals surface area contributed by atoms with E-state index in [1.165, 1.54) is 0 Å². The Bertz CT molecular complexity index is 441. The maximum absolute atomic E-state index is 2.79. The van der Waals surface area contributed by atoms with Gasteiger partial charge < -0.3 is 0 Å². The van der Waals surface area contributed by atoms with Crippen molar-refractivity contribution in [1.29, 1.82) is 0 Å². The first-order chi connectivity index (χ1) is 9.71. The highest BCUT2D eigenvalue weighted by molar-refractivity contribution is 5.17. The van der Waals surface area contributed by atoms with Crippen molar-refractivity contribution in [3.63, 3.8) is 0 Å². The first-order valence-corrected chi connectivity index (χ1v) is 9.29. The van der Waals surface area contributed by atoms with Gasteiger partial charge in [-0.1, -0.05) is 13.8 Å². The van der Waals surface area contributed by atoms with Crippen LogP contribution in [0.5, 0.6) is 0 Å². The van der Waals surface area contributed by atoms with Gasteiger partial charge in [-0.25, -0.2) is 0 Å². The lowest BCUT2D eigenvalue weighted by Gasteiger charge is -2.62. The number of hydrogen-bond acceptors (Lipinski definition) is 2. The van der Waals surface area contributed by atoms with Gasteiger partial charge in [0.15, 0.2) is 0 Å². The number of hydrogen-bond donors (Lipinski definition) is 0. The maximum atomic E-state index is 2.79. The van der Waals surface area contributed by atoms with Crippen molar-refractivity contribution >= 4 is 0 Å². The van der Waals surface area contributed by atoms with Crippen LogP contribution in [0.25, 0.3) is 0 Å². The molecule has 0 bridgehead atoms. The fraction of sp³-hybridized carbons (Fsp3) is 1.00. The molecule has 1 aliphatic rings. The minimum atomic E-state index is 0.0375. The summed E-state index contributed by atoms with van der Waals surface area (Å²) in [5.41, 5.74) is 0.613. The van der Waals surface area contributed by atoms with Crippen LogP contribution >= 0.6 is 0 Å². The summed E-state index contributed by atoms with van der Waals surface area (Å²) in [5, 5.41) is 0. The lowest BCUT2D eigenvalue weighted by molar-refractivity contribution is -0.124. The second-order valence-electron chi connectivity index (χ2n) is 11.8. The monoisotopic (exact) mass is 324 g/mol. The fourth-order valence-corrected chi connectivity index (χ4v) is 5.14. The Morgan fingerprint density at radius 2 is 0.957 bits per heavy atom. The zero-order valence-electron chi connectivity index (χ0n) is 18.6. The summed E-state index contributed by atoms with van der Waals surface area (Å²) in [5.74, 6) is 0. The molecule has 0 aliphatic carbocycles. The Kier molecular flexibility index (Phi) is 4.75. The highest BCUT2D eigenvalue weighted by Gasteiger charge is 2.61. The number of rotatable bonds is 0. The molecule has 23 heavy (non-hydrogen) atoms. The average molecular weight is 325 g/mol. The summed E-state index contributed by atoms with van der Waals surface area (Å²) in [6.45, 7) is 34.9. The molecule has 0 unspecified atom stereocenters. The van der Waals surface area contributed by atoms with Gasteiger partial charge in [-0.3, -0.25) is 9.80 Å². The molecule has 0 spiro atoms. The van der Waals surface area contributed by atoms with E-state index in [4.69, 9.17) is 0 Å². The molecule has 1 fully saturated rings. The Hall–Kier alpha value is -0.0800. The second-order valence-corrected chi connectivity index (χ2v) is 11.8. The van der Waals surface area contributed by atoms with Crippen molar-refractivity contribution in [3.8, 4) is 0 Å². The third kappa shape index (κ3) is 3.11. The molecule has 138 valence electrons. The van der Waals surface area contributed by atoms with Crippen LogP contribution in [0.2, 0.25) is 0 Å². The number of nitrogens with zero attached hydrogens (tertiary/aromatic N) is 2. The minimum absolute atomic E-state index is 0.0375. The van der Waals surface area contributed by atoms with Crippen molar-refractivity contribution in [1.82, 2.24) is 9.80 Å². The zero-order valence-corrected chi connectivity index (χ0v) is 18.6. The van der Waals surface area contributed by atoms with E-state index in [2.05, 4.69) is 107 Å². The standard InChI is InChI=1S/C21H44N2/c1-16(2,3)22-15-18(7,8)19(9,10)23(17(4,5)6)21(13,14)20(22,11)12/h15H2,1-14H3. The van der Waals surface area contributed by atoms with Gasteiger partial charge in [0.25, 0.3) is 0 Å². The zero-order chi connectivity index (χ0) is 18.9. The van der Waals surface area contributed by atoms with E-state index >= 15 is 0 Å². The predicted octanol–water partition coefficient (Wildman–Crippen LogP) is 5.56. The Morgan fingerprint density at radius 3 is 1.26 bits per heavy atom. The van der Waals surface area contributed by atoms with Crippen molar-refractivity contribution < 1.29 is 0 Å². The van der Waals surface area contributed by atoms with Crippen molar-refractivity contribution in [2.75, 3.05) is 6.54 Å². The van der Waals surface area contributed by atoms with E-state index in [1.807, 2.05) is 0 Å². The highest BCUT2D eigenvalue weighted by Crippen LogP contribution is 2.53. The molecule has 0 atom stereocenters. The van der Waals surface area contributed by atoms with E-state index in [9.17, 15) is 0 Å². The van der Waals surface area contributed by atoms with Crippen molar-refractivity contribution in [2.24, 2.45) is 5.41 Å². The summed E-state index contributed by atoms with van der Waals surface area (Å²) >= 11 is 0. The highest BCUT2D eigenvalue weighted by atomic mass is 15.4. The normalized spacial score (nSPS) is 28.4. The van der Waals surface area contributed by atoms with Gasteiger partial charge in [0.1, 0.15) is 0 Å². The molecule has 2 nitrogen and oxygen atoms in total. The summed E-state index contributed by atoms with van der Waals surface area (Å²) < 4.78 is 0. The van der Waals surface area contributed by atoms with E-state index in [0.29, 0.717) is 0 Å².